The van der Waals surface area contributed by atoms with Crippen molar-refractivity contribution in [1.82, 2.24) is 24.6 Å². The summed E-state index contributed by atoms with van der Waals surface area (Å²) >= 11 is 1.50. The molecule has 5 heterocycles. The van der Waals surface area contributed by atoms with Crippen LogP contribution in [-0.2, 0) is 4.74 Å². The van der Waals surface area contributed by atoms with Crippen LogP contribution in [0.5, 0.6) is 0 Å². The van der Waals surface area contributed by atoms with E-state index >= 15 is 0 Å². The number of carbonyl (C=O) groups is 1. The molecular weight excluding hydrogens is 460 g/mol. The van der Waals surface area contributed by atoms with Gasteiger partial charge in [0.1, 0.15) is 11.6 Å². The topological polar surface area (TPSA) is 76.4 Å². The quantitative estimate of drug-likeness (QED) is 0.430. The molecule has 8 nitrogen and oxygen atoms in total. The number of hydrogen-bond acceptors (Lipinski definition) is 7. The lowest BCUT2D eigenvalue weighted by molar-refractivity contribution is 0.0772. The Morgan fingerprint density at radius 3 is 2.63 bits per heavy atom. The molecule has 0 bridgehead atoms. The minimum atomic E-state index is 0.120. The highest BCUT2D eigenvalue weighted by molar-refractivity contribution is 7.12. The molecule has 0 spiro atoms. The van der Waals surface area contributed by atoms with Gasteiger partial charge in [-0.3, -0.25) is 4.79 Å². The normalized spacial score (nSPS) is 17.6. The number of aromatic nitrogens is 4. The van der Waals surface area contributed by atoms with Gasteiger partial charge in [-0.15, -0.1) is 11.3 Å². The van der Waals surface area contributed by atoms with Gasteiger partial charge in [-0.25, -0.2) is 14.6 Å². The van der Waals surface area contributed by atoms with Crippen LogP contribution in [0.1, 0.15) is 40.7 Å². The van der Waals surface area contributed by atoms with Gasteiger partial charge in [0.05, 0.1) is 22.1 Å². The molecule has 9 heteroatoms. The average Bonchev–Trinajstić information content (AvgIpc) is 3.54. The Morgan fingerprint density at radius 1 is 0.971 bits per heavy atom. The van der Waals surface area contributed by atoms with Crippen LogP contribution in [0, 0.1) is 0 Å². The molecule has 0 aliphatic carbocycles. The molecule has 0 radical (unpaired) electrons. The zero-order valence-electron chi connectivity index (χ0n) is 19.5. The number of thiophene rings is 1. The molecule has 3 aromatic heterocycles. The monoisotopic (exact) mass is 488 g/mol. The van der Waals surface area contributed by atoms with Crippen LogP contribution in [0.15, 0.2) is 54.0 Å². The molecule has 0 N–H and O–H groups in total. The predicted molar refractivity (Wildman–Crippen MR) is 137 cm³/mol. The number of hydrogen-bond donors (Lipinski definition) is 0. The van der Waals surface area contributed by atoms with Crippen LogP contribution in [0.3, 0.4) is 0 Å². The summed E-state index contributed by atoms with van der Waals surface area (Å²) in [7, 11) is 0. The number of carbonyl (C=O) groups excluding carboxylic acids is 1. The highest BCUT2D eigenvalue weighted by Gasteiger charge is 2.27. The maximum absolute atomic E-state index is 13.0. The molecule has 2 saturated heterocycles. The summed E-state index contributed by atoms with van der Waals surface area (Å²) in [6, 6.07) is 14.0. The zero-order chi connectivity index (χ0) is 23.6. The van der Waals surface area contributed by atoms with Crippen molar-refractivity contribution < 1.29 is 9.53 Å². The van der Waals surface area contributed by atoms with Gasteiger partial charge in [0, 0.05) is 45.3 Å². The molecule has 1 amide bonds. The number of rotatable bonds is 4. The maximum atomic E-state index is 13.0. The Bertz CT molecular complexity index is 1300. The van der Waals surface area contributed by atoms with Crippen molar-refractivity contribution in [2.75, 3.05) is 44.3 Å². The Morgan fingerprint density at radius 2 is 1.83 bits per heavy atom. The summed E-state index contributed by atoms with van der Waals surface area (Å²) in [5.41, 5.74) is 1.81. The molecule has 1 aromatic carbocycles. The van der Waals surface area contributed by atoms with Gasteiger partial charge >= 0.3 is 0 Å². The third kappa shape index (κ3) is 4.41. The van der Waals surface area contributed by atoms with Gasteiger partial charge in [-0.05, 0) is 42.8 Å². The van der Waals surface area contributed by atoms with Crippen LogP contribution < -0.4 is 4.90 Å². The van der Waals surface area contributed by atoms with Gasteiger partial charge in [-0.2, -0.15) is 5.10 Å². The fourth-order valence-corrected chi connectivity index (χ4v) is 5.63. The number of fused-ring (bicyclic) bond motifs is 1. The number of para-hydroxylation sites is 1. The number of amides is 1. The van der Waals surface area contributed by atoms with E-state index in [1.807, 2.05) is 63.6 Å². The van der Waals surface area contributed by atoms with Gasteiger partial charge < -0.3 is 14.5 Å². The van der Waals surface area contributed by atoms with Crippen LogP contribution >= 0.6 is 11.3 Å². The molecule has 180 valence electrons. The molecule has 0 unspecified atom stereocenters. The lowest BCUT2D eigenvalue weighted by Gasteiger charge is -2.26. The van der Waals surface area contributed by atoms with Crippen molar-refractivity contribution in [2.45, 2.75) is 25.2 Å². The molecule has 35 heavy (non-hydrogen) atoms. The van der Waals surface area contributed by atoms with Crippen molar-refractivity contribution in [3.8, 4) is 5.69 Å². The van der Waals surface area contributed by atoms with Crippen molar-refractivity contribution in [2.24, 2.45) is 0 Å². The fourth-order valence-electron chi connectivity index (χ4n) is 4.94. The first-order chi connectivity index (χ1) is 17.3. The second kappa shape index (κ2) is 9.75. The van der Waals surface area contributed by atoms with Gasteiger partial charge in [0.2, 0.25) is 0 Å². The zero-order valence-corrected chi connectivity index (χ0v) is 20.4. The van der Waals surface area contributed by atoms with E-state index in [2.05, 4.69) is 4.90 Å². The van der Waals surface area contributed by atoms with E-state index in [0.717, 1.165) is 85.4 Å². The Balaban J connectivity index is 1.36. The molecular formula is C26H28N6O2S. The number of nitrogens with zero attached hydrogens (tertiary/aromatic N) is 6. The summed E-state index contributed by atoms with van der Waals surface area (Å²) in [5.74, 6) is 2.18. The molecule has 0 atom stereocenters. The largest absolute Gasteiger partial charge is 0.381 e. The first kappa shape index (κ1) is 22.2. The first-order valence-corrected chi connectivity index (χ1v) is 13.1. The third-order valence-electron chi connectivity index (χ3n) is 6.83. The molecule has 2 fully saturated rings. The van der Waals surface area contributed by atoms with E-state index in [4.69, 9.17) is 19.8 Å². The molecule has 4 aromatic rings. The smallest absolute Gasteiger partial charge is 0.263 e. The standard InChI is InChI=1S/C26H28N6O2S/c33-26(22-8-4-17-35-22)31-12-5-11-30(13-14-31)24-21-18-27-32(20-6-2-1-3-7-20)25(21)29-23(28-24)19-9-15-34-16-10-19/h1-4,6-8,17-19H,5,9-16H2. The minimum Gasteiger partial charge on any atom is -0.381 e. The van der Waals surface area contributed by atoms with E-state index < -0.39 is 0 Å². The number of ether oxygens (including phenoxy) is 1. The van der Waals surface area contributed by atoms with Crippen molar-refractivity contribution >= 4 is 34.1 Å². The lowest BCUT2D eigenvalue weighted by atomic mass is 9.99. The summed E-state index contributed by atoms with van der Waals surface area (Å²) < 4.78 is 7.51. The Kier molecular flexibility index (Phi) is 6.18. The van der Waals surface area contributed by atoms with Gasteiger partial charge in [0.25, 0.3) is 5.91 Å². The lowest BCUT2D eigenvalue weighted by Crippen LogP contribution is -2.35. The molecule has 2 aliphatic heterocycles. The predicted octanol–water partition coefficient (Wildman–Crippen LogP) is 4.12. The molecule has 0 saturated carbocycles. The SMILES string of the molecule is O=C(c1cccs1)N1CCCN(c2nc(C3CCOCC3)nc3c2cnn3-c2ccccc2)CC1. The van der Waals surface area contributed by atoms with Gasteiger partial charge in [0.15, 0.2) is 5.65 Å². The van der Waals surface area contributed by atoms with E-state index in [9.17, 15) is 4.79 Å². The Labute approximate surface area is 208 Å². The summed E-state index contributed by atoms with van der Waals surface area (Å²) in [5, 5.41) is 7.61. The van der Waals surface area contributed by atoms with E-state index in [1.165, 1.54) is 11.3 Å². The van der Waals surface area contributed by atoms with Crippen LogP contribution in [0.4, 0.5) is 5.82 Å². The van der Waals surface area contributed by atoms with E-state index in [1.54, 1.807) is 0 Å². The van der Waals surface area contributed by atoms with Crippen molar-refractivity contribution in [3.05, 3.63) is 64.7 Å². The minimum absolute atomic E-state index is 0.120. The summed E-state index contributed by atoms with van der Waals surface area (Å²) in [6.07, 6.45) is 4.62. The van der Waals surface area contributed by atoms with Crippen molar-refractivity contribution in [1.29, 1.82) is 0 Å². The van der Waals surface area contributed by atoms with Crippen LogP contribution in [0.25, 0.3) is 16.7 Å². The third-order valence-corrected chi connectivity index (χ3v) is 7.69. The molecule has 2 aliphatic rings. The first-order valence-electron chi connectivity index (χ1n) is 12.2. The van der Waals surface area contributed by atoms with Crippen molar-refractivity contribution in [3.63, 3.8) is 0 Å². The van der Waals surface area contributed by atoms with Crippen LogP contribution in [0.2, 0.25) is 0 Å². The summed E-state index contributed by atoms with van der Waals surface area (Å²) in [4.78, 5) is 28.2. The second-order valence-corrected chi connectivity index (χ2v) is 9.98. The average molecular weight is 489 g/mol. The Hall–Kier alpha value is -3.30. The van der Waals surface area contributed by atoms with E-state index in [-0.39, 0.29) is 11.8 Å². The number of anilines is 1. The van der Waals surface area contributed by atoms with E-state index in [0.29, 0.717) is 6.54 Å². The maximum Gasteiger partial charge on any atom is 0.263 e. The second-order valence-electron chi connectivity index (χ2n) is 9.03. The highest BCUT2D eigenvalue weighted by atomic mass is 32.1. The van der Waals surface area contributed by atoms with Crippen LogP contribution in [-0.4, -0.2) is 69.9 Å². The fraction of sp³-hybridized carbons (Fsp3) is 0.385. The number of benzene rings is 1. The summed E-state index contributed by atoms with van der Waals surface area (Å²) in [6.45, 7) is 4.46. The van der Waals surface area contributed by atoms with Gasteiger partial charge in [-0.1, -0.05) is 24.3 Å². The highest BCUT2D eigenvalue weighted by Crippen LogP contribution is 2.32. The molecule has 6 rings (SSSR count).